The standard InChI is InChI=1S/C26H29N3O3/c1-4-28(18(2)3)22-13-11-21(12-14-22)27-25(30)23-16-19-8-5-6-9-20(19)17-29(23)26(31)24-10-7-15-32-24/h5-15,18,23H,4,16-17H2,1-3H3,(H,27,30). The van der Waals surface area contributed by atoms with Gasteiger partial charge in [0.1, 0.15) is 6.04 Å². The lowest BCUT2D eigenvalue weighted by molar-refractivity contribution is -0.121. The Morgan fingerprint density at radius 1 is 1.06 bits per heavy atom. The minimum absolute atomic E-state index is 0.205. The van der Waals surface area contributed by atoms with Crippen LogP contribution < -0.4 is 10.2 Å². The molecule has 6 heteroatoms. The van der Waals surface area contributed by atoms with Crippen LogP contribution in [0.25, 0.3) is 0 Å². The van der Waals surface area contributed by atoms with Crippen molar-refractivity contribution in [3.63, 3.8) is 0 Å². The minimum atomic E-state index is -0.620. The Morgan fingerprint density at radius 2 is 1.78 bits per heavy atom. The van der Waals surface area contributed by atoms with Gasteiger partial charge in [0, 0.05) is 36.9 Å². The molecule has 0 radical (unpaired) electrons. The van der Waals surface area contributed by atoms with Crippen molar-refractivity contribution in [2.45, 2.75) is 45.8 Å². The molecule has 6 nitrogen and oxygen atoms in total. The molecule has 1 atom stereocenters. The highest BCUT2D eigenvalue weighted by Crippen LogP contribution is 2.27. The predicted octanol–water partition coefficient (Wildman–Crippen LogP) is 4.72. The van der Waals surface area contributed by atoms with E-state index in [1.807, 2.05) is 48.5 Å². The lowest BCUT2D eigenvalue weighted by Gasteiger charge is -2.35. The maximum Gasteiger partial charge on any atom is 0.290 e. The molecule has 1 aliphatic heterocycles. The summed E-state index contributed by atoms with van der Waals surface area (Å²) in [7, 11) is 0. The second kappa shape index (κ2) is 9.30. The molecule has 0 saturated heterocycles. The largest absolute Gasteiger partial charge is 0.459 e. The molecule has 1 N–H and O–H groups in total. The Bertz CT molecular complexity index is 1070. The van der Waals surface area contributed by atoms with Crippen LogP contribution in [0.1, 0.15) is 42.5 Å². The highest BCUT2D eigenvalue weighted by atomic mass is 16.3. The average Bonchev–Trinajstić information content (AvgIpc) is 3.34. The van der Waals surface area contributed by atoms with Crippen molar-refractivity contribution in [3.8, 4) is 0 Å². The van der Waals surface area contributed by atoms with E-state index in [0.29, 0.717) is 24.7 Å². The van der Waals surface area contributed by atoms with Gasteiger partial charge in [-0.05, 0) is 68.3 Å². The first kappa shape index (κ1) is 21.7. The molecule has 1 aromatic heterocycles. The molecule has 2 heterocycles. The summed E-state index contributed by atoms with van der Waals surface area (Å²) in [5.41, 5.74) is 3.96. The van der Waals surface area contributed by atoms with Gasteiger partial charge in [0.05, 0.1) is 6.26 Å². The van der Waals surface area contributed by atoms with E-state index in [1.165, 1.54) is 6.26 Å². The minimum Gasteiger partial charge on any atom is -0.459 e. The van der Waals surface area contributed by atoms with Crippen LogP contribution in [0.4, 0.5) is 11.4 Å². The SMILES string of the molecule is CCN(c1ccc(NC(=O)C2Cc3ccccc3CN2C(=O)c2ccco2)cc1)C(C)C. The van der Waals surface area contributed by atoms with Crippen molar-refractivity contribution in [2.24, 2.45) is 0 Å². The van der Waals surface area contributed by atoms with Crippen LogP contribution >= 0.6 is 0 Å². The summed E-state index contributed by atoms with van der Waals surface area (Å²) < 4.78 is 5.32. The van der Waals surface area contributed by atoms with Crippen molar-refractivity contribution in [1.29, 1.82) is 0 Å². The Labute approximate surface area is 188 Å². The number of carbonyl (C=O) groups excluding carboxylic acids is 2. The maximum absolute atomic E-state index is 13.3. The summed E-state index contributed by atoms with van der Waals surface area (Å²) in [4.78, 5) is 30.3. The number of amides is 2. The molecule has 0 fully saturated rings. The Balaban J connectivity index is 1.55. The van der Waals surface area contributed by atoms with E-state index in [1.54, 1.807) is 17.0 Å². The fourth-order valence-corrected chi connectivity index (χ4v) is 4.32. The molecular formula is C26H29N3O3. The van der Waals surface area contributed by atoms with Gasteiger partial charge in [-0.25, -0.2) is 0 Å². The van der Waals surface area contributed by atoms with Gasteiger partial charge in [0.15, 0.2) is 5.76 Å². The van der Waals surface area contributed by atoms with E-state index in [0.717, 1.165) is 23.4 Å². The monoisotopic (exact) mass is 431 g/mol. The zero-order valence-electron chi connectivity index (χ0n) is 18.7. The zero-order valence-corrected chi connectivity index (χ0v) is 18.7. The topological polar surface area (TPSA) is 65.8 Å². The molecule has 4 rings (SSSR count). The molecule has 2 amide bonds. The van der Waals surface area contributed by atoms with E-state index < -0.39 is 6.04 Å². The third-order valence-corrected chi connectivity index (χ3v) is 5.97. The third-order valence-electron chi connectivity index (χ3n) is 5.97. The van der Waals surface area contributed by atoms with E-state index >= 15 is 0 Å². The number of nitrogens with zero attached hydrogens (tertiary/aromatic N) is 2. The molecule has 1 aliphatic rings. The van der Waals surface area contributed by atoms with Crippen molar-refractivity contribution in [1.82, 2.24) is 4.90 Å². The summed E-state index contributed by atoms with van der Waals surface area (Å²) >= 11 is 0. The number of nitrogens with one attached hydrogen (secondary N) is 1. The van der Waals surface area contributed by atoms with Crippen LogP contribution in [-0.4, -0.2) is 35.3 Å². The number of furan rings is 1. The normalized spacial score (nSPS) is 15.4. The van der Waals surface area contributed by atoms with E-state index in [9.17, 15) is 9.59 Å². The highest BCUT2D eigenvalue weighted by molar-refractivity contribution is 6.00. The van der Waals surface area contributed by atoms with Crippen molar-refractivity contribution < 1.29 is 14.0 Å². The molecule has 166 valence electrons. The van der Waals surface area contributed by atoms with Gasteiger partial charge in [0.2, 0.25) is 5.91 Å². The number of hydrogen-bond donors (Lipinski definition) is 1. The Hall–Kier alpha value is -3.54. The molecule has 0 saturated carbocycles. The molecule has 0 bridgehead atoms. The lowest BCUT2D eigenvalue weighted by Crippen LogP contribution is -2.50. The summed E-state index contributed by atoms with van der Waals surface area (Å²) in [5.74, 6) is -0.251. The molecule has 32 heavy (non-hydrogen) atoms. The molecule has 0 aliphatic carbocycles. The first-order valence-electron chi connectivity index (χ1n) is 11.1. The third kappa shape index (κ3) is 4.40. The highest BCUT2D eigenvalue weighted by Gasteiger charge is 2.36. The zero-order chi connectivity index (χ0) is 22.7. The van der Waals surface area contributed by atoms with E-state index in [-0.39, 0.29) is 17.6 Å². The van der Waals surface area contributed by atoms with Gasteiger partial charge < -0.3 is 19.5 Å². The van der Waals surface area contributed by atoms with Gasteiger partial charge in [-0.3, -0.25) is 9.59 Å². The number of hydrogen-bond acceptors (Lipinski definition) is 4. The number of anilines is 2. The molecule has 0 spiro atoms. The van der Waals surface area contributed by atoms with Gasteiger partial charge >= 0.3 is 0 Å². The van der Waals surface area contributed by atoms with Gasteiger partial charge in [-0.2, -0.15) is 0 Å². The second-order valence-corrected chi connectivity index (χ2v) is 8.31. The first-order valence-corrected chi connectivity index (χ1v) is 11.1. The summed E-state index contributed by atoms with van der Waals surface area (Å²) in [6.07, 6.45) is 1.93. The van der Waals surface area contributed by atoms with Gasteiger partial charge in [0.25, 0.3) is 5.91 Å². The molecular weight excluding hydrogens is 402 g/mol. The van der Waals surface area contributed by atoms with Crippen molar-refractivity contribution in [3.05, 3.63) is 83.8 Å². The number of rotatable bonds is 6. The maximum atomic E-state index is 13.3. The Morgan fingerprint density at radius 3 is 2.41 bits per heavy atom. The van der Waals surface area contributed by atoms with Gasteiger partial charge in [-0.15, -0.1) is 0 Å². The molecule has 1 unspecified atom stereocenters. The quantitative estimate of drug-likeness (QED) is 0.613. The van der Waals surface area contributed by atoms with E-state index in [4.69, 9.17) is 4.42 Å². The van der Waals surface area contributed by atoms with Crippen LogP contribution in [0.5, 0.6) is 0 Å². The van der Waals surface area contributed by atoms with Crippen molar-refractivity contribution in [2.75, 3.05) is 16.8 Å². The predicted molar refractivity (Wildman–Crippen MR) is 126 cm³/mol. The van der Waals surface area contributed by atoms with Crippen LogP contribution in [0.3, 0.4) is 0 Å². The van der Waals surface area contributed by atoms with Crippen LogP contribution in [0, 0.1) is 0 Å². The van der Waals surface area contributed by atoms with E-state index in [2.05, 4.69) is 31.0 Å². The van der Waals surface area contributed by atoms with Crippen molar-refractivity contribution >= 4 is 23.2 Å². The lowest BCUT2D eigenvalue weighted by atomic mass is 9.93. The number of fused-ring (bicyclic) bond motifs is 1. The summed E-state index contributed by atoms with van der Waals surface area (Å²) in [5, 5.41) is 3.00. The molecule has 2 aromatic carbocycles. The molecule has 3 aromatic rings. The average molecular weight is 432 g/mol. The van der Waals surface area contributed by atoms with Crippen LogP contribution in [-0.2, 0) is 17.8 Å². The van der Waals surface area contributed by atoms with Gasteiger partial charge in [-0.1, -0.05) is 24.3 Å². The number of benzene rings is 2. The first-order chi connectivity index (χ1) is 15.5. The fourth-order valence-electron chi connectivity index (χ4n) is 4.32. The smallest absolute Gasteiger partial charge is 0.290 e. The Kier molecular flexibility index (Phi) is 6.30. The van der Waals surface area contributed by atoms with Crippen LogP contribution in [0.15, 0.2) is 71.3 Å². The number of carbonyl (C=O) groups is 2. The summed E-state index contributed by atoms with van der Waals surface area (Å²) in [6.45, 7) is 7.72. The fraction of sp³-hybridized carbons (Fsp3) is 0.308. The second-order valence-electron chi connectivity index (χ2n) is 8.31. The van der Waals surface area contributed by atoms with Crippen LogP contribution in [0.2, 0.25) is 0 Å². The summed E-state index contributed by atoms with van der Waals surface area (Å²) in [6, 6.07) is 18.9.